The summed E-state index contributed by atoms with van der Waals surface area (Å²) in [6.45, 7) is 1.99. The van der Waals surface area contributed by atoms with Crippen LogP contribution in [0.5, 0.6) is 0 Å². The molecule has 1 aliphatic heterocycles. The molecule has 0 saturated carbocycles. The zero-order chi connectivity index (χ0) is 17.8. The lowest BCUT2D eigenvalue weighted by Crippen LogP contribution is -2.31. The van der Waals surface area contributed by atoms with Crippen molar-refractivity contribution >= 4 is 11.6 Å². The van der Waals surface area contributed by atoms with Gasteiger partial charge < -0.3 is 9.80 Å². The molecule has 1 heterocycles. The van der Waals surface area contributed by atoms with Crippen molar-refractivity contribution in [3.63, 3.8) is 0 Å². The molecule has 1 amide bonds. The van der Waals surface area contributed by atoms with E-state index in [0.29, 0.717) is 6.04 Å². The molecule has 2 atom stereocenters. The summed E-state index contributed by atoms with van der Waals surface area (Å²) in [7, 11) is 4.23. The number of hydrogen-bond donors (Lipinski definition) is 2. The van der Waals surface area contributed by atoms with Gasteiger partial charge in [0.2, 0.25) is 0 Å². The molecule has 132 valence electrons. The normalized spacial score (nSPS) is 18.4. The predicted octanol–water partition coefficient (Wildman–Crippen LogP) is 2.46. The summed E-state index contributed by atoms with van der Waals surface area (Å²) in [5, 5.41) is 9.19. The van der Waals surface area contributed by atoms with E-state index in [0.717, 1.165) is 36.3 Å². The Hall–Kier alpha value is -2.37. The standard InChI is InChI=1S/C20H25N3O2/c1-22(2)18-11-12-23(14-18)17-10-6-9-16(13-17)19(20(24)21-25)15-7-4-3-5-8-15/h3-10,13,18-19,25H,11-12,14H2,1-2H3,(H,21,24). The lowest BCUT2D eigenvalue weighted by molar-refractivity contribution is -0.129. The van der Waals surface area contributed by atoms with E-state index in [4.69, 9.17) is 0 Å². The first-order chi connectivity index (χ1) is 12.1. The van der Waals surface area contributed by atoms with Crippen LogP contribution in [0.1, 0.15) is 23.5 Å². The fraction of sp³-hybridized carbons (Fsp3) is 0.350. The third-order valence-corrected chi connectivity index (χ3v) is 4.97. The number of benzene rings is 2. The number of nitrogens with zero attached hydrogens (tertiary/aromatic N) is 2. The number of likely N-dealkylation sites (N-methyl/N-ethyl adjacent to an activating group) is 1. The van der Waals surface area contributed by atoms with Gasteiger partial charge in [0, 0.05) is 24.8 Å². The van der Waals surface area contributed by atoms with Crippen molar-refractivity contribution in [1.82, 2.24) is 10.4 Å². The third-order valence-electron chi connectivity index (χ3n) is 4.97. The Balaban J connectivity index is 1.90. The van der Waals surface area contributed by atoms with Crippen LogP contribution in [0.3, 0.4) is 0 Å². The Labute approximate surface area is 148 Å². The fourth-order valence-electron chi connectivity index (χ4n) is 3.50. The van der Waals surface area contributed by atoms with E-state index in [9.17, 15) is 10.0 Å². The second-order valence-corrected chi connectivity index (χ2v) is 6.77. The van der Waals surface area contributed by atoms with Gasteiger partial charge in [-0.05, 0) is 43.8 Å². The van der Waals surface area contributed by atoms with Gasteiger partial charge in [0.05, 0.1) is 5.92 Å². The Morgan fingerprint density at radius 3 is 2.52 bits per heavy atom. The minimum atomic E-state index is -0.529. The molecule has 2 N–H and O–H groups in total. The van der Waals surface area contributed by atoms with Crippen LogP contribution in [0, 0.1) is 0 Å². The second kappa shape index (κ2) is 7.68. The average Bonchev–Trinajstić information content (AvgIpc) is 3.13. The van der Waals surface area contributed by atoms with Gasteiger partial charge in [0.1, 0.15) is 0 Å². The topological polar surface area (TPSA) is 55.8 Å². The van der Waals surface area contributed by atoms with Gasteiger partial charge in [-0.1, -0.05) is 42.5 Å². The Morgan fingerprint density at radius 1 is 1.16 bits per heavy atom. The minimum absolute atomic E-state index is 0.420. The molecule has 0 radical (unpaired) electrons. The van der Waals surface area contributed by atoms with E-state index in [1.807, 2.05) is 47.9 Å². The zero-order valence-electron chi connectivity index (χ0n) is 14.7. The maximum Gasteiger partial charge on any atom is 0.255 e. The molecule has 2 aromatic carbocycles. The first kappa shape index (κ1) is 17.5. The molecule has 1 saturated heterocycles. The van der Waals surface area contributed by atoms with Gasteiger partial charge in [-0.25, -0.2) is 5.48 Å². The summed E-state index contributed by atoms with van der Waals surface area (Å²) < 4.78 is 0. The molecule has 2 aromatic rings. The largest absolute Gasteiger partial charge is 0.370 e. The highest BCUT2D eigenvalue weighted by Crippen LogP contribution is 2.29. The molecule has 1 fully saturated rings. The van der Waals surface area contributed by atoms with Gasteiger partial charge >= 0.3 is 0 Å². The van der Waals surface area contributed by atoms with E-state index in [1.165, 1.54) is 0 Å². The Morgan fingerprint density at radius 2 is 1.88 bits per heavy atom. The predicted molar refractivity (Wildman–Crippen MR) is 99.0 cm³/mol. The maximum absolute atomic E-state index is 12.3. The Bertz CT molecular complexity index is 718. The van der Waals surface area contributed by atoms with Crippen molar-refractivity contribution in [3.05, 3.63) is 65.7 Å². The molecule has 0 aliphatic carbocycles. The van der Waals surface area contributed by atoms with E-state index in [2.05, 4.69) is 36.0 Å². The van der Waals surface area contributed by atoms with Crippen molar-refractivity contribution in [3.8, 4) is 0 Å². The molecule has 0 bridgehead atoms. The van der Waals surface area contributed by atoms with Crippen LogP contribution in [-0.4, -0.2) is 49.2 Å². The second-order valence-electron chi connectivity index (χ2n) is 6.77. The number of rotatable bonds is 5. The fourth-order valence-corrected chi connectivity index (χ4v) is 3.50. The molecule has 2 unspecified atom stereocenters. The van der Waals surface area contributed by atoms with Crippen LogP contribution in [0.25, 0.3) is 0 Å². The maximum atomic E-state index is 12.3. The summed E-state index contributed by atoms with van der Waals surface area (Å²) in [5.74, 6) is -0.950. The highest BCUT2D eigenvalue weighted by molar-refractivity contribution is 5.86. The van der Waals surface area contributed by atoms with Crippen LogP contribution >= 0.6 is 0 Å². The molecule has 3 rings (SSSR count). The van der Waals surface area contributed by atoms with Crippen molar-refractivity contribution in [1.29, 1.82) is 0 Å². The third kappa shape index (κ3) is 3.83. The summed E-state index contributed by atoms with van der Waals surface area (Å²) >= 11 is 0. The van der Waals surface area contributed by atoms with Gasteiger partial charge in [-0.3, -0.25) is 10.0 Å². The number of hydroxylamine groups is 1. The van der Waals surface area contributed by atoms with Crippen LogP contribution in [0.15, 0.2) is 54.6 Å². The quantitative estimate of drug-likeness (QED) is 0.649. The van der Waals surface area contributed by atoms with Gasteiger partial charge in [-0.2, -0.15) is 0 Å². The number of hydrogen-bond acceptors (Lipinski definition) is 4. The van der Waals surface area contributed by atoms with Crippen LogP contribution in [0.4, 0.5) is 5.69 Å². The van der Waals surface area contributed by atoms with Crippen molar-refractivity contribution in [2.24, 2.45) is 0 Å². The SMILES string of the molecule is CN(C)C1CCN(c2cccc(C(C(=O)NO)c3ccccc3)c2)C1. The molecule has 5 nitrogen and oxygen atoms in total. The summed E-state index contributed by atoms with van der Waals surface area (Å²) in [6, 6.07) is 18.1. The van der Waals surface area contributed by atoms with E-state index < -0.39 is 11.8 Å². The molecule has 5 heteroatoms. The van der Waals surface area contributed by atoms with E-state index >= 15 is 0 Å². The summed E-state index contributed by atoms with van der Waals surface area (Å²) in [4.78, 5) is 16.9. The number of amides is 1. The number of carbonyl (C=O) groups excluding carboxylic acids is 1. The van der Waals surface area contributed by atoms with Gasteiger partial charge in [0.25, 0.3) is 5.91 Å². The van der Waals surface area contributed by atoms with Gasteiger partial charge in [-0.15, -0.1) is 0 Å². The molecular formula is C20H25N3O2. The average molecular weight is 339 g/mol. The number of carbonyl (C=O) groups is 1. The number of anilines is 1. The van der Waals surface area contributed by atoms with E-state index in [-0.39, 0.29) is 0 Å². The summed E-state index contributed by atoms with van der Waals surface area (Å²) in [6.07, 6.45) is 1.14. The highest BCUT2D eigenvalue weighted by Gasteiger charge is 2.26. The lowest BCUT2D eigenvalue weighted by atomic mass is 9.90. The van der Waals surface area contributed by atoms with Crippen LogP contribution in [-0.2, 0) is 4.79 Å². The first-order valence-electron chi connectivity index (χ1n) is 8.60. The highest BCUT2D eigenvalue weighted by atomic mass is 16.5. The molecule has 1 aliphatic rings. The van der Waals surface area contributed by atoms with Crippen molar-refractivity contribution in [2.75, 3.05) is 32.1 Å². The van der Waals surface area contributed by atoms with Crippen LogP contribution in [0.2, 0.25) is 0 Å². The zero-order valence-corrected chi connectivity index (χ0v) is 14.7. The monoisotopic (exact) mass is 339 g/mol. The first-order valence-corrected chi connectivity index (χ1v) is 8.60. The minimum Gasteiger partial charge on any atom is -0.370 e. The molecule has 0 aromatic heterocycles. The molecule has 25 heavy (non-hydrogen) atoms. The van der Waals surface area contributed by atoms with Gasteiger partial charge in [0.15, 0.2) is 0 Å². The summed E-state index contributed by atoms with van der Waals surface area (Å²) in [5.41, 5.74) is 4.67. The van der Waals surface area contributed by atoms with E-state index in [1.54, 1.807) is 0 Å². The van der Waals surface area contributed by atoms with Crippen molar-refractivity contribution in [2.45, 2.75) is 18.4 Å². The Kier molecular flexibility index (Phi) is 5.36. The number of nitrogens with one attached hydrogen (secondary N) is 1. The van der Waals surface area contributed by atoms with Crippen molar-refractivity contribution < 1.29 is 10.0 Å². The molecular weight excluding hydrogens is 314 g/mol. The molecule has 0 spiro atoms. The lowest BCUT2D eigenvalue weighted by Gasteiger charge is -2.23. The smallest absolute Gasteiger partial charge is 0.255 e. The van der Waals surface area contributed by atoms with Crippen LogP contribution < -0.4 is 10.4 Å².